The van der Waals surface area contributed by atoms with Crippen LogP contribution in [-0.2, 0) is 16.1 Å². The van der Waals surface area contributed by atoms with Gasteiger partial charge in [0.15, 0.2) is 0 Å². The predicted octanol–water partition coefficient (Wildman–Crippen LogP) is 2.20. The van der Waals surface area contributed by atoms with Crippen molar-refractivity contribution >= 4 is 11.9 Å². The molecule has 2 N–H and O–H groups in total. The van der Waals surface area contributed by atoms with Crippen molar-refractivity contribution in [1.29, 1.82) is 5.26 Å². The molecule has 0 fully saturated rings. The zero-order chi connectivity index (χ0) is 18.4. The molecule has 1 heterocycles. The maximum absolute atomic E-state index is 11.9. The lowest BCUT2D eigenvalue weighted by atomic mass is 9.96. The summed E-state index contributed by atoms with van der Waals surface area (Å²) in [4.78, 5) is 22.4. The van der Waals surface area contributed by atoms with Crippen LogP contribution in [0.2, 0.25) is 0 Å². The average Bonchev–Trinajstić information content (AvgIpc) is 3.09. The maximum atomic E-state index is 11.9. The number of carboxylic acids is 1. The molecule has 25 heavy (non-hydrogen) atoms. The van der Waals surface area contributed by atoms with Crippen LogP contribution in [0.3, 0.4) is 0 Å². The summed E-state index contributed by atoms with van der Waals surface area (Å²) in [5.41, 5.74) is 3.19. The molecule has 0 saturated heterocycles. The van der Waals surface area contributed by atoms with E-state index >= 15 is 0 Å². The summed E-state index contributed by atoms with van der Waals surface area (Å²) in [5, 5.41) is 24.8. The van der Waals surface area contributed by atoms with Crippen molar-refractivity contribution in [2.45, 2.75) is 64.5 Å². The van der Waals surface area contributed by atoms with Crippen molar-refractivity contribution in [3.63, 3.8) is 0 Å². The van der Waals surface area contributed by atoms with Crippen LogP contribution in [0.4, 0.5) is 0 Å². The number of allylic oxidation sites excluding steroid dienone is 1. The molecule has 0 aliphatic heterocycles. The molecule has 2 rings (SSSR count). The highest BCUT2D eigenvalue weighted by molar-refractivity contribution is 5.77. The van der Waals surface area contributed by atoms with Gasteiger partial charge in [0.05, 0.1) is 24.7 Å². The fraction of sp³-hybridized carbons (Fsp3) is 0.556. The molecule has 2 atom stereocenters. The summed E-state index contributed by atoms with van der Waals surface area (Å²) >= 11 is 0. The minimum atomic E-state index is -0.881. The van der Waals surface area contributed by atoms with Gasteiger partial charge in [0.25, 0.3) is 0 Å². The van der Waals surface area contributed by atoms with E-state index in [2.05, 4.69) is 22.6 Å². The molecule has 0 saturated carbocycles. The van der Waals surface area contributed by atoms with Gasteiger partial charge in [-0.3, -0.25) is 14.3 Å². The number of carbonyl (C=O) groups is 2. The van der Waals surface area contributed by atoms with Crippen molar-refractivity contribution in [3.8, 4) is 6.07 Å². The van der Waals surface area contributed by atoms with E-state index in [-0.39, 0.29) is 30.7 Å². The van der Waals surface area contributed by atoms with E-state index in [4.69, 9.17) is 10.4 Å². The quantitative estimate of drug-likeness (QED) is 0.703. The summed E-state index contributed by atoms with van der Waals surface area (Å²) in [5.74, 6) is -0.803. The van der Waals surface area contributed by atoms with Gasteiger partial charge in [0, 0.05) is 36.1 Å². The Morgan fingerprint density at radius 2 is 2.16 bits per heavy atom. The highest BCUT2D eigenvalue weighted by Crippen LogP contribution is 2.33. The Morgan fingerprint density at radius 3 is 2.84 bits per heavy atom. The highest BCUT2D eigenvalue weighted by atomic mass is 16.4. The second-order valence-corrected chi connectivity index (χ2v) is 6.36. The van der Waals surface area contributed by atoms with E-state index in [1.165, 1.54) is 0 Å². The van der Waals surface area contributed by atoms with Gasteiger partial charge in [0.2, 0.25) is 5.91 Å². The van der Waals surface area contributed by atoms with Crippen molar-refractivity contribution in [2.75, 3.05) is 0 Å². The normalized spacial score (nSPS) is 18.9. The Kier molecular flexibility index (Phi) is 6.34. The van der Waals surface area contributed by atoms with Crippen molar-refractivity contribution in [2.24, 2.45) is 0 Å². The minimum absolute atomic E-state index is 0.0107. The maximum Gasteiger partial charge on any atom is 0.303 e. The van der Waals surface area contributed by atoms with Crippen LogP contribution in [0, 0.1) is 25.2 Å². The zero-order valence-electron chi connectivity index (χ0n) is 14.7. The Balaban J connectivity index is 1.92. The summed E-state index contributed by atoms with van der Waals surface area (Å²) in [6.07, 6.45) is 5.87. The molecule has 7 nitrogen and oxygen atoms in total. The van der Waals surface area contributed by atoms with Gasteiger partial charge in [-0.1, -0.05) is 12.2 Å². The first-order valence-corrected chi connectivity index (χ1v) is 8.52. The van der Waals surface area contributed by atoms with Crippen molar-refractivity contribution < 1.29 is 14.7 Å². The van der Waals surface area contributed by atoms with E-state index in [0.29, 0.717) is 19.4 Å². The summed E-state index contributed by atoms with van der Waals surface area (Å²) in [6, 6.07) is 2.10. The van der Waals surface area contributed by atoms with E-state index in [1.807, 2.05) is 24.6 Å². The molecule has 1 aromatic rings. The number of hydrogen-bond donors (Lipinski definition) is 2. The number of carbonyl (C=O) groups excluding carboxylic acids is 1. The van der Waals surface area contributed by atoms with Crippen molar-refractivity contribution in [3.05, 3.63) is 29.1 Å². The summed E-state index contributed by atoms with van der Waals surface area (Å²) < 4.78 is 1.87. The van der Waals surface area contributed by atoms with Crippen LogP contribution in [-0.4, -0.2) is 32.8 Å². The number of amides is 1. The van der Waals surface area contributed by atoms with Gasteiger partial charge < -0.3 is 10.4 Å². The molecule has 0 bridgehead atoms. The van der Waals surface area contributed by atoms with Crippen LogP contribution in [0.5, 0.6) is 0 Å². The van der Waals surface area contributed by atoms with Gasteiger partial charge in [-0.05, 0) is 26.7 Å². The lowest BCUT2D eigenvalue weighted by molar-refractivity contribution is -0.137. The lowest BCUT2D eigenvalue weighted by Gasteiger charge is -2.14. The van der Waals surface area contributed by atoms with Crippen LogP contribution in [0.25, 0.3) is 0 Å². The fourth-order valence-electron chi connectivity index (χ4n) is 3.32. The average molecular weight is 344 g/mol. The van der Waals surface area contributed by atoms with Gasteiger partial charge in [0.1, 0.15) is 0 Å². The van der Waals surface area contributed by atoms with E-state index < -0.39 is 5.97 Å². The molecular weight excluding hydrogens is 320 g/mol. The third kappa shape index (κ3) is 4.92. The second kappa shape index (κ2) is 8.47. The Hall–Kier alpha value is -2.62. The molecular formula is C18H24N4O3. The molecule has 2 unspecified atom stereocenters. The first kappa shape index (κ1) is 18.7. The van der Waals surface area contributed by atoms with E-state index in [9.17, 15) is 9.59 Å². The predicted molar refractivity (Wildman–Crippen MR) is 91.8 cm³/mol. The van der Waals surface area contributed by atoms with E-state index in [0.717, 1.165) is 23.4 Å². The number of nitrogens with one attached hydrogen (secondary N) is 1. The molecule has 7 heteroatoms. The largest absolute Gasteiger partial charge is 0.481 e. The highest BCUT2D eigenvalue weighted by Gasteiger charge is 2.26. The number of aliphatic carboxylic acids is 1. The van der Waals surface area contributed by atoms with E-state index in [1.54, 1.807) is 0 Å². The van der Waals surface area contributed by atoms with Gasteiger partial charge in [-0.2, -0.15) is 10.4 Å². The summed E-state index contributed by atoms with van der Waals surface area (Å²) in [6.45, 7) is 4.57. The molecule has 1 amide bonds. The third-order valence-corrected chi connectivity index (χ3v) is 4.47. The van der Waals surface area contributed by atoms with Crippen LogP contribution < -0.4 is 5.32 Å². The van der Waals surface area contributed by atoms with Gasteiger partial charge in [-0.25, -0.2) is 0 Å². The Labute approximate surface area is 147 Å². The first-order chi connectivity index (χ1) is 11.9. The SMILES string of the molecule is Cc1nn(CCC#N)c(C)c1C1C=CC(NC(=O)CCCC(=O)O)C1. The molecule has 0 spiro atoms. The number of nitrogens with zero attached hydrogens (tertiary/aromatic N) is 3. The Morgan fingerprint density at radius 1 is 1.40 bits per heavy atom. The number of aromatic nitrogens is 2. The van der Waals surface area contributed by atoms with Crippen molar-refractivity contribution in [1.82, 2.24) is 15.1 Å². The topological polar surface area (TPSA) is 108 Å². The number of carboxylic acid groups (broad SMARTS) is 1. The van der Waals surface area contributed by atoms with Crippen LogP contribution in [0.15, 0.2) is 12.2 Å². The summed E-state index contributed by atoms with van der Waals surface area (Å²) in [7, 11) is 0. The molecule has 1 aromatic heterocycles. The second-order valence-electron chi connectivity index (χ2n) is 6.36. The number of hydrogen-bond acceptors (Lipinski definition) is 4. The minimum Gasteiger partial charge on any atom is -0.481 e. The monoisotopic (exact) mass is 344 g/mol. The lowest BCUT2D eigenvalue weighted by Crippen LogP contribution is -2.32. The number of nitriles is 1. The zero-order valence-corrected chi connectivity index (χ0v) is 14.7. The Bertz CT molecular complexity index is 715. The fourth-order valence-corrected chi connectivity index (χ4v) is 3.32. The first-order valence-electron chi connectivity index (χ1n) is 8.52. The van der Waals surface area contributed by atoms with Crippen LogP contribution >= 0.6 is 0 Å². The number of aryl methyl sites for hydroxylation is 2. The third-order valence-electron chi connectivity index (χ3n) is 4.47. The molecule has 1 aliphatic carbocycles. The standard InChI is InChI=1S/C18H24N4O3/c1-12-18(13(2)22(21-12)10-4-9-19)14-7-8-15(11-14)20-16(23)5-3-6-17(24)25/h7-8,14-15H,3-6,10-11H2,1-2H3,(H,20,23)(H,24,25). The van der Waals surface area contributed by atoms with Gasteiger partial charge in [-0.15, -0.1) is 0 Å². The molecule has 134 valence electrons. The number of rotatable bonds is 8. The van der Waals surface area contributed by atoms with Gasteiger partial charge >= 0.3 is 5.97 Å². The molecule has 1 aliphatic rings. The molecule has 0 radical (unpaired) electrons. The molecule has 0 aromatic carbocycles. The van der Waals surface area contributed by atoms with Crippen LogP contribution in [0.1, 0.15) is 55.0 Å². The smallest absolute Gasteiger partial charge is 0.303 e.